The van der Waals surface area contributed by atoms with Crippen LogP contribution in [0, 0.1) is 0 Å². The van der Waals surface area contributed by atoms with E-state index >= 15 is 0 Å². The van der Waals surface area contributed by atoms with Crippen molar-refractivity contribution < 1.29 is 32.6 Å². The fraction of sp³-hybridized carbons (Fsp3) is 0.192. The number of para-hydroxylation sites is 1. The number of amides is 1. The van der Waals surface area contributed by atoms with Crippen molar-refractivity contribution in [3.8, 4) is 16.9 Å². The molecular formula is C26H25ClN2O7S. The van der Waals surface area contributed by atoms with Crippen molar-refractivity contribution in [1.29, 1.82) is 0 Å². The molecule has 0 unspecified atom stereocenters. The van der Waals surface area contributed by atoms with Crippen molar-refractivity contribution in [2.75, 3.05) is 6.54 Å². The molecule has 0 bridgehead atoms. The third-order valence-corrected chi connectivity index (χ3v) is 7.02. The lowest BCUT2D eigenvalue weighted by Crippen LogP contribution is -2.41. The topological polar surface area (TPSA) is 139 Å². The predicted molar refractivity (Wildman–Crippen MR) is 138 cm³/mol. The average Bonchev–Trinajstić information content (AvgIpc) is 2.86. The molecule has 3 aromatic carbocycles. The maximum Gasteiger partial charge on any atom is 0.321 e. The van der Waals surface area contributed by atoms with Crippen LogP contribution < -0.4 is 14.8 Å². The van der Waals surface area contributed by atoms with Gasteiger partial charge in [-0.05, 0) is 60.4 Å². The first kappa shape index (κ1) is 27.9. The minimum absolute atomic E-state index is 0.0662. The minimum atomic E-state index is -4.11. The Balaban J connectivity index is 1.58. The highest BCUT2D eigenvalue weighted by molar-refractivity contribution is 7.89. The number of rotatable bonds is 11. The van der Waals surface area contributed by atoms with Crippen molar-refractivity contribution in [1.82, 2.24) is 10.0 Å². The number of carbonyl (C=O) groups excluding carboxylic acids is 2. The maximum absolute atomic E-state index is 12.8. The maximum atomic E-state index is 12.8. The van der Waals surface area contributed by atoms with Gasteiger partial charge in [-0.3, -0.25) is 14.4 Å². The van der Waals surface area contributed by atoms with Crippen molar-refractivity contribution in [3.05, 3.63) is 83.4 Å². The smallest absolute Gasteiger partial charge is 0.321 e. The number of sulfonamides is 1. The summed E-state index contributed by atoms with van der Waals surface area (Å²) in [5, 5.41) is 12.7. The highest BCUT2D eigenvalue weighted by Gasteiger charge is 2.25. The molecular weight excluding hydrogens is 520 g/mol. The van der Waals surface area contributed by atoms with Crippen molar-refractivity contribution in [2.24, 2.45) is 0 Å². The Morgan fingerprint density at radius 1 is 0.946 bits per heavy atom. The summed E-state index contributed by atoms with van der Waals surface area (Å²) in [4.78, 5) is 35.3. The van der Waals surface area contributed by atoms with Gasteiger partial charge >= 0.3 is 11.9 Å². The van der Waals surface area contributed by atoms with E-state index in [0.29, 0.717) is 5.02 Å². The van der Waals surface area contributed by atoms with Crippen LogP contribution in [0.4, 0.5) is 0 Å². The van der Waals surface area contributed by atoms with Crippen LogP contribution in [-0.4, -0.2) is 44.0 Å². The molecule has 0 heterocycles. The minimum Gasteiger partial charge on any atom is -0.480 e. The first-order valence-electron chi connectivity index (χ1n) is 11.2. The Morgan fingerprint density at radius 3 is 2.14 bits per heavy atom. The van der Waals surface area contributed by atoms with Crippen LogP contribution in [0.1, 0.15) is 30.1 Å². The zero-order valence-electron chi connectivity index (χ0n) is 19.8. The van der Waals surface area contributed by atoms with Gasteiger partial charge in [-0.25, -0.2) is 8.42 Å². The number of carboxylic acid groups (broad SMARTS) is 1. The summed E-state index contributed by atoms with van der Waals surface area (Å²) in [5.41, 5.74) is 1.77. The fourth-order valence-electron chi connectivity index (χ4n) is 3.46. The number of aliphatic carboxylic acids is 1. The first-order valence-corrected chi connectivity index (χ1v) is 13.1. The zero-order chi connectivity index (χ0) is 27.0. The molecule has 3 N–H and O–H groups in total. The molecule has 9 nitrogen and oxygen atoms in total. The molecule has 194 valence electrons. The molecule has 1 atom stereocenters. The highest BCUT2D eigenvalue weighted by Crippen LogP contribution is 2.23. The third kappa shape index (κ3) is 7.88. The van der Waals surface area contributed by atoms with Crippen LogP contribution in [0.3, 0.4) is 0 Å². The molecule has 0 aromatic heterocycles. The summed E-state index contributed by atoms with van der Waals surface area (Å²) < 4.78 is 32.8. The molecule has 0 aliphatic carbocycles. The molecule has 3 rings (SSSR count). The molecule has 0 radical (unpaired) electrons. The predicted octanol–water partition coefficient (Wildman–Crippen LogP) is 3.87. The normalized spacial score (nSPS) is 11.9. The van der Waals surface area contributed by atoms with Crippen LogP contribution in [0.2, 0.25) is 5.02 Å². The summed E-state index contributed by atoms with van der Waals surface area (Å²) in [7, 11) is -4.11. The molecule has 0 aliphatic heterocycles. The summed E-state index contributed by atoms with van der Waals surface area (Å²) in [5.74, 6) is -2.32. The Bertz CT molecular complexity index is 1370. The van der Waals surface area contributed by atoms with Gasteiger partial charge in [0.25, 0.3) is 5.91 Å². The van der Waals surface area contributed by atoms with Gasteiger partial charge in [0, 0.05) is 18.5 Å². The van der Waals surface area contributed by atoms with Crippen molar-refractivity contribution in [2.45, 2.75) is 30.7 Å². The van der Waals surface area contributed by atoms with Crippen LogP contribution in [0.15, 0.2) is 77.7 Å². The molecule has 0 saturated carbocycles. The van der Waals surface area contributed by atoms with Crippen LogP contribution in [0.5, 0.6) is 5.75 Å². The molecule has 1 amide bonds. The molecule has 0 spiro atoms. The number of ether oxygens (including phenoxy) is 1. The number of esters is 1. The van der Waals surface area contributed by atoms with Gasteiger partial charge in [-0.15, -0.1) is 0 Å². The van der Waals surface area contributed by atoms with Gasteiger partial charge in [0.15, 0.2) is 0 Å². The number of hydrogen-bond donors (Lipinski definition) is 3. The standard InChI is InChI=1S/C26H25ClN2O7S/c1-17(30)36-24-7-3-2-5-22(24)25(31)28-16-4-6-23(26(32)33)29-37(34,35)21-14-10-19(11-15-21)18-8-12-20(27)13-9-18/h2-3,5,7-15,23,29H,4,6,16H2,1H3,(H,28,31)(H,32,33)/t23-/m0/s1. The summed E-state index contributed by atoms with van der Waals surface area (Å²) in [6, 6.07) is 17.9. The molecule has 0 aliphatic rings. The van der Waals surface area contributed by atoms with Crippen molar-refractivity contribution >= 4 is 39.5 Å². The van der Waals surface area contributed by atoms with Gasteiger partial charge in [0.05, 0.1) is 10.5 Å². The van der Waals surface area contributed by atoms with Crippen LogP contribution in [0.25, 0.3) is 11.1 Å². The Kier molecular flexibility index (Phi) is 9.40. The highest BCUT2D eigenvalue weighted by atomic mass is 35.5. The van der Waals surface area contributed by atoms with Gasteiger partial charge < -0.3 is 15.2 Å². The van der Waals surface area contributed by atoms with E-state index in [4.69, 9.17) is 16.3 Å². The van der Waals surface area contributed by atoms with E-state index in [0.717, 1.165) is 11.1 Å². The summed E-state index contributed by atoms with van der Waals surface area (Å²) >= 11 is 5.90. The number of halogens is 1. The van der Waals surface area contributed by atoms with E-state index in [9.17, 15) is 27.9 Å². The SMILES string of the molecule is CC(=O)Oc1ccccc1C(=O)NCCC[C@H](NS(=O)(=O)c1ccc(-c2ccc(Cl)cc2)cc1)C(=O)O. The zero-order valence-corrected chi connectivity index (χ0v) is 21.4. The molecule has 0 fully saturated rings. The number of hydrogen-bond acceptors (Lipinski definition) is 6. The Hall–Kier alpha value is -3.73. The van der Waals surface area contributed by atoms with E-state index in [1.165, 1.54) is 31.2 Å². The average molecular weight is 545 g/mol. The van der Waals surface area contributed by atoms with Gasteiger partial charge in [0.2, 0.25) is 10.0 Å². The van der Waals surface area contributed by atoms with E-state index in [1.807, 2.05) is 0 Å². The largest absolute Gasteiger partial charge is 0.480 e. The summed E-state index contributed by atoms with van der Waals surface area (Å²) in [6.45, 7) is 1.30. The lowest BCUT2D eigenvalue weighted by Gasteiger charge is -2.15. The third-order valence-electron chi connectivity index (χ3n) is 5.28. The fourth-order valence-corrected chi connectivity index (χ4v) is 4.81. The monoisotopic (exact) mass is 544 g/mol. The van der Waals surface area contributed by atoms with E-state index in [-0.39, 0.29) is 35.6 Å². The lowest BCUT2D eigenvalue weighted by molar-refractivity contribution is -0.139. The lowest BCUT2D eigenvalue weighted by atomic mass is 10.1. The second-order valence-corrected chi connectivity index (χ2v) is 10.2. The van der Waals surface area contributed by atoms with Gasteiger partial charge in [-0.2, -0.15) is 4.72 Å². The number of carbonyl (C=O) groups is 3. The first-order chi connectivity index (χ1) is 17.6. The number of carboxylic acids is 1. The van der Waals surface area contributed by atoms with Gasteiger partial charge in [-0.1, -0.05) is 48.0 Å². The second kappa shape index (κ2) is 12.5. The van der Waals surface area contributed by atoms with E-state index < -0.39 is 33.9 Å². The van der Waals surface area contributed by atoms with E-state index in [2.05, 4.69) is 10.0 Å². The second-order valence-electron chi connectivity index (χ2n) is 8.03. The molecule has 11 heteroatoms. The Labute approximate surface area is 219 Å². The molecule has 3 aromatic rings. The molecule has 37 heavy (non-hydrogen) atoms. The molecule has 0 saturated heterocycles. The Morgan fingerprint density at radius 2 is 1.54 bits per heavy atom. The van der Waals surface area contributed by atoms with Crippen LogP contribution in [-0.2, 0) is 19.6 Å². The van der Waals surface area contributed by atoms with Crippen molar-refractivity contribution in [3.63, 3.8) is 0 Å². The quantitative estimate of drug-likeness (QED) is 0.189. The van der Waals surface area contributed by atoms with Gasteiger partial charge in [0.1, 0.15) is 11.8 Å². The summed E-state index contributed by atoms with van der Waals surface area (Å²) in [6.07, 6.45) is 0.111. The number of benzene rings is 3. The van der Waals surface area contributed by atoms with Crippen LogP contribution >= 0.6 is 11.6 Å². The number of nitrogens with one attached hydrogen (secondary N) is 2. The van der Waals surface area contributed by atoms with E-state index in [1.54, 1.807) is 48.5 Å².